The summed E-state index contributed by atoms with van der Waals surface area (Å²) in [6, 6.07) is 15.5. The van der Waals surface area contributed by atoms with Crippen molar-refractivity contribution in [3.05, 3.63) is 76.4 Å². The van der Waals surface area contributed by atoms with Gasteiger partial charge in [0.2, 0.25) is 0 Å². The number of aliphatic hydroxyl groups excluding tert-OH is 1. The molecule has 2 N–H and O–H groups in total. The van der Waals surface area contributed by atoms with Crippen LogP contribution in [0.3, 0.4) is 0 Å². The Kier molecular flexibility index (Phi) is 8.02. The third-order valence-corrected chi connectivity index (χ3v) is 5.84. The number of ketones is 1. The maximum absolute atomic E-state index is 12.5. The highest BCUT2D eigenvalue weighted by Gasteiger charge is 2.14. The lowest BCUT2D eigenvalue weighted by Gasteiger charge is -2.18. The van der Waals surface area contributed by atoms with Crippen LogP contribution in [0.4, 0.5) is 0 Å². The average molecular weight is 470 g/mol. The van der Waals surface area contributed by atoms with E-state index >= 15 is 0 Å². The Morgan fingerprint density at radius 2 is 1.93 bits per heavy atom. The topological polar surface area (TPSA) is 46.7 Å². The largest absolute Gasteiger partial charge is 0.385 e. The first kappa shape index (κ1) is 22.5. The lowest BCUT2D eigenvalue weighted by Crippen LogP contribution is -3.10. The van der Waals surface area contributed by atoms with Crippen molar-refractivity contribution in [2.24, 2.45) is 0 Å². The number of allylic oxidation sites excluding steroid dienone is 1. The maximum Gasteiger partial charge on any atom is 0.185 e. The van der Waals surface area contributed by atoms with Crippen LogP contribution < -0.4 is 4.90 Å². The number of halogens is 1. The van der Waals surface area contributed by atoms with Crippen LogP contribution >= 0.6 is 15.9 Å². The second-order valence-corrected chi connectivity index (χ2v) is 8.79. The van der Waals surface area contributed by atoms with Crippen molar-refractivity contribution in [1.82, 2.24) is 4.57 Å². The van der Waals surface area contributed by atoms with Gasteiger partial charge in [0.15, 0.2) is 5.78 Å². The first-order valence-corrected chi connectivity index (χ1v) is 11.3. The van der Waals surface area contributed by atoms with Crippen LogP contribution in [0.2, 0.25) is 0 Å². The molecular formula is C25H30BrN2O2+. The van der Waals surface area contributed by atoms with E-state index in [1.54, 1.807) is 6.08 Å². The number of likely N-dealkylation sites (N-methyl/N-ethyl adjacent to an activating group) is 1. The fourth-order valence-electron chi connectivity index (χ4n) is 3.71. The van der Waals surface area contributed by atoms with Crippen molar-refractivity contribution in [1.29, 1.82) is 0 Å². The number of hydrogen-bond acceptors (Lipinski definition) is 2. The Morgan fingerprint density at radius 3 is 2.67 bits per heavy atom. The molecule has 4 nitrogen and oxygen atoms in total. The fourth-order valence-corrected chi connectivity index (χ4v) is 3.97. The molecule has 1 unspecified atom stereocenters. The molecular weight excluding hydrogens is 440 g/mol. The number of fused-ring (bicyclic) bond motifs is 1. The molecule has 2 aromatic carbocycles. The van der Waals surface area contributed by atoms with E-state index in [0.717, 1.165) is 34.0 Å². The van der Waals surface area contributed by atoms with Crippen LogP contribution in [-0.4, -0.2) is 41.7 Å². The van der Waals surface area contributed by atoms with Crippen molar-refractivity contribution in [2.45, 2.75) is 32.4 Å². The van der Waals surface area contributed by atoms with Gasteiger partial charge in [0.25, 0.3) is 0 Å². The van der Waals surface area contributed by atoms with Crippen LogP contribution in [0.25, 0.3) is 17.0 Å². The smallest absolute Gasteiger partial charge is 0.185 e. The van der Waals surface area contributed by atoms with Gasteiger partial charge in [-0.1, -0.05) is 47.5 Å². The zero-order chi connectivity index (χ0) is 21.5. The van der Waals surface area contributed by atoms with E-state index in [4.69, 9.17) is 0 Å². The van der Waals surface area contributed by atoms with Gasteiger partial charge in [-0.15, -0.1) is 0 Å². The van der Waals surface area contributed by atoms with Crippen LogP contribution in [0.15, 0.2) is 65.3 Å². The van der Waals surface area contributed by atoms with Gasteiger partial charge in [-0.2, -0.15) is 0 Å². The number of nitrogens with zero attached hydrogens (tertiary/aromatic N) is 1. The summed E-state index contributed by atoms with van der Waals surface area (Å²) in [7, 11) is 2.13. The summed E-state index contributed by atoms with van der Waals surface area (Å²) in [6.45, 7) is 4.52. The highest BCUT2D eigenvalue weighted by Crippen LogP contribution is 2.23. The molecule has 2 atom stereocenters. The van der Waals surface area contributed by atoms with Crippen molar-refractivity contribution >= 4 is 38.7 Å². The summed E-state index contributed by atoms with van der Waals surface area (Å²) in [4.78, 5) is 13.9. The number of aliphatic hydroxyl groups is 1. The molecule has 0 aliphatic heterocycles. The van der Waals surface area contributed by atoms with Crippen molar-refractivity contribution in [3.63, 3.8) is 0 Å². The number of quaternary nitrogens is 1. The second kappa shape index (κ2) is 10.7. The number of carbonyl (C=O) groups is 1. The Hall–Kier alpha value is -2.21. The Bertz CT molecular complexity index is 1010. The zero-order valence-corrected chi connectivity index (χ0v) is 19.2. The molecule has 0 aliphatic carbocycles. The van der Waals surface area contributed by atoms with Crippen LogP contribution in [-0.2, 0) is 6.54 Å². The normalized spacial score (nSPS) is 13.7. The van der Waals surface area contributed by atoms with Crippen molar-refractivity contribution < 1.29 is 14.8 Å². The minimum Gasteiger partial charge on any atom is -0.385 e. The minimum absolute atomic E-state index is 0.0273. The van der Waals surface area contributed by atoms with Gasteiger partial charge in [-0.3, -0.25) is 4.79 Å². The number of unbranched alkanes of at least 4 members (excludes halogenated alkanes) is 1. The standard InChI is InChI=1S/C25H29BrN2O2/c1-3-4-15-27(2)17-22(29)18-28-16-20(23-7-5-6-8-24(23)28)11-14-25(30)19-9-12-21(26)13-10-19/h5-14,16,22,29H,3-4,15,17-18H2,1-2H3/p+1/b14-11+/t22-/m0/s1. The Balaban J connectivity index is 1.76. The SMILES string of the molecule is CCCC[NH+](C)C[C@H](O)Cn1cc(/C=C/C(=O)c2ccc(Br)cc2)c2ccccc21. The third kappa shape index (κ3) is 5.91. The molecule has 3 aromatic rings. The lowest BCUT2D eigenvalue weighted by molar-refractivity contribution is -0.883. The van der Waals surface area contributed by atoms with Gasteiger partial charge in [-0.25, -0.2) is 0 Å². The molecule has 30 heavy (non-hydrogen) atoms. The number of hydrogen-bond donors (Lipinski definition) is 2. The molecule has 1 heterocycles. The minimum atomic E-state index is -0.418. The molecule has 0 saturated carbocycles. The van der Waals surface area contributed by atoms with Crippen molar-refractivity contribution in [3.8, 4) is 0 Å². The monoisotopic (exact) mass is 469 g/mol. The number of para-hydroxylation sites is 1. The van der Waals surface area contributed by atoms with Gasteiger partial charge < -0.3 is 14.6 Å². The van der Waals surface area contributed by atoms with Gasteiger partial charge in [0.1, 0.15) is 12.6 Å². The Morgan fingerprint density at radius 1 is 1.20 bits per heavy atom. The molecule has 0 aliphatic rings. The molecule has 0 amide bonds. The van der Waals surface area contributed by atoms with E-state index in [0.29, 0.717) is 12.1 Å². The number of rotatable bonds is 10. The summed E-state index contributed by atoms with van der Waals surface area (Å²) in [5.74, 6) is -0.0273. The number of benzene rings is 2. The first-order chi connectivity index (χ1) is 14.5. The summed E-state index contributed by atoms with van der Waals surface area (Å²) in [6.07, 6.45) is 7.44. The predicted octanol–water partition coefficient (Wildman–Crippen LogP) is 3.98. The molecule has 0 bridgehead atoms. The second-order valence-electron chi connectivity index (χ2n) is 7.88. The number of nitrogens with one attached hydrogen (secondary N) is 1. The predicted molar refractivity (Wildman–Crippen MR) is 127 cm³/mol. The molecule has 3 rings (SSSR count). The molecule has 0 radical (unpaired) electrons. The van der Waals surface area contributed by atoms with E-state index in [1.165, 1.54) is 17.7 Å². The van der Waals surface area contributed by atoms with E-state index in [1.807, 2.05) is 48.7 Å². The summed E-state index contributed by atoms with van der Waals surface area (Å²) >= 11 is 3.39. The van der Waals surface area contributed by atoms with Crippen LogP contribution in [0.1, 0.15) is 35.7 Å². The summed E-state index contributed by atoms with van der Waals surface area (Å²) in [5, 5.41) is 11.7. The average Bonchev–Trinajstić information content (AvgIpc) is 3.08. The molecule has 5 heteroatoms. The molecule has 158 valence electrons. The van der Waals surface area contributed by atoms with Crippen LogP contribution in [0, 0.1) is 0 Å². The molecule has 0 fully saturated rings. The summed E-state index contributed by atoms with van der Waals surface area (Å²) < 4.78 is 3.04. The highest BCUT2D eigenvalue weighted by atomic mass is 79.9. The first-order valence-electron chi connectivity index (χ1n) is 10.5. The van der Waals surface area contributed by atoms with E-state index in [2.05, 4.69) is 46.6 Å². The van der Waals surface area contributed by atoms with Gasteiger partial charge in [0.05, 0.1) is 20.1 Å². The maximum atomic E-state index is 12.5. The van der Waals surface area contributed by atoms with Crippen LogP contribution in [0.5, 0.6) is 0 Å². The van der Waals surface area contributed by atoms with Gasteiger partial charge >= 0.3 is 0 Å². The third-order valence-electron chi connectivity index (χ3n) is 5.31. The van der Waals surface area contributed by atoms with E-state index < -0.39 is 6.10 Å². The lowest BCUT2D eigenvalue weighted by atomic mass is 10.1. The zero-order valence-electron chi connectivity index (χ0n) is 17.6. The Labute approximate surface area is 186 Å². The fraction of sp³-hybridized carbons (Fsp3) is 0.320. The van der Waals surface area contributed by atoms with E-state index in [-0.39, 0.29) is 5.78 Å². The summed E-state index contributed by atoms with van der Waals surface area (Å²) in [5.41, 5.74) is 2.71. The highest BCUT2D eigenvalue weighted by molar-refractivity contribution is 9.10. The van der Waals surface area contributed by atoms with Gasteiger partial charge in [-0.05, 0) is 48.9 Å². The molecule has 0 saturated heterocycles. The quantitative estimate of drug-likeness (QED) is 0.348. The van der Waals surface area contributed by atoms with Crippen molar-refractivity contribution in [2.75, 3.05) is 20.1 Å². The molecule has 0 spiro atoms. The van der Waals surface area contributed by atoms with Gasteiger partial charge in [0, 0.05) is 32.7 Å². The number of carbonyl (C=O) groups excluding carboxylic acids is 1. The number of aromatic nitrogens is 1. The molecule has 1 aromatic heterocycles. The van der Waals surface area contributed by atoms with E-state index in [9.17, 15) is 9.90 Å².